The van der Waals surface area contributed by atoms with Crippen LogP contribution >= 0.6 is 0 Å². The van der Waals surface area contributed by atoms with E-state index >= 15 is 0 Å². The van der Waals surface area contributed by atoms with Crippen molar-refractivity contribution in [1.29, 1.82) is 0 Å². The van der Waals surface area contributed by atoms with Crippen LogP contribution in [0.5, 0.6) is 17.4 Å². The van der Waals surface area contributed by atoms with Crippen molar-refractivity contribution in [1.82, 2.24) is 19.7 Å². The fourth-order valence-corrected chi connectivity index (χ4v) is 2.62. The van der Waals surface area contributed by atoms with Gasteiger partial charge in [-0.15, -0.1) is 0 Å². The highest BCUT2D eigenvalue weighted by atomic mass is 16.5. The summed E-state index contributed by atoms with van der Waals surface area (Å²) in [6, 6.07) is 15.1. The van der Waals surface area contributed by atoms with Gasteiger partial charge in [0, 0.05) is 54.7 Å². The van der Waals surface area contributed by atoms with Crippen LogP contribution in [0.1, 0.15) is 0 Å². The summed E-state index contributed by atoms with van der Waals surface area (Å²) in [6.07, 6.45) is 8.78. The first-order chi connectivity index (χ1) is 12.8. The number of hydrogen-bond donors (Lipinski definition) is 0. The molecule has 0 radical (unpaired) electrons. The summed E-state index contributed by atoms with van der Waals surface area (Å²) in [4.78, 5) is 8.45. The van der Waals surface area contributed by atoms with Crippen molar-refractivity contribution in [3.63, 3.8) is 0 Å². The predicted octanol–water partition coefficient (Wildman–Crippen LogP) is 4.13. The van der Waals surface area contributed by atoms with Gasteiger partial charge in [0.25, 0.3) is 0 Å². The van der Waals surface area contributed by atoms with E-state index in [4.69, 9.17) is 9.47 Å². The van der Waals surface area contributed by atoms with Gasteiger partial charge in [-0.25, -0.2) is 9.67 Å². The number of methoxy groups -OCH3 is 1. The monoisotopic (exact) mass is 344 g/mol. The summed E-state index contributed by atoms with van der Waals surface area (Å²) >= 11 is 0. The molecule has 3 heterocycles. The molecule has 0 unspecified atom stereocenters. The van der Waals surface area contributed by atoms with Gasteiger partial charge in [0.05, 0.1) is 12.8 Å². The summed E-state index contributed by atoms with van der Waals surface area (Å²) in [5, 5.41) is 4.26. The minimum absolute atomic E-state index is 0.512. The number of ether oxygens (including phenoxy) is 2. The normalized spacial score (nSPS) is 10.5. The third kappa shape index (κ3) is 3.25. The Kier molecular flexibility index (Phi) is 4.30. The van der Waals surface area contributed by atoms with E-state index in [0.29, 0.717) is 17.4 Å². The van der Waals surface area contributed by atoms with Crippen molar-refractivity contribution < 1.29 is 9.47 Å². The van der Waals surface area contributed by atoms with E-state index in [-0.39, 0.29) is 0 Å². The van der Waals surface area contributed by atoms with Crippen LogP contribution in [-0.4, -0.2) is 26.9 Å². The number of hydrogen-bond acceptors (Lipinski definition) is 5. The molecule has 0 aliphatic carbocycles. The Morgan fingerprint density at radius 2 is 1.73 bits per heavy atom. The fourth-order valence-electron chi connectivity index (χ4n) is 2.62. The van der Waals surface area contributed by atoms with Gasteiger partial charge in [0.1, 0.15) is 11.5 Å². The van der Waals surface area contributed by atoms with Gasteiger partial charge in [-0.2, -0.15) is 5.10 Å². The maximum Gasteiger partial charge on any atom is 0.227 e. The van der Waals surface area contributed by atoms with Crippen LogP contribution in [0.15, 0.2) is 79.5 Å². The van der Waals surface area contributed by atoms with Crippen molar-refractivity contribution in [2.24, 2.45) is 0 Å². The molecule has 4 aromatic rings. The lowest BCUT2D eigenvalue weighted by Crippen LogP contribution is -1.97. The largest absolute Gasteiger partial charge is 0.497 e. The number of nitrogens with zero attached hydrogens (tertiary/aromatic N) is 4. The summed E-state index contributed by atoms with van der Waals surface area (Å²) in [7, 11) is 1.62. The van der Waals surface area contributed by atoms with Crippen LogP contribution in [0, 0.1) is 0 Å². The second-order valence-electron chi connectivity index (χ2n) is 5.51. The minimum Gasteiger partial charge on any atom is -0.497 e. The molecule has 0 bridgehead atoms. The molecule has 1 aromatic carbocycles. The first-order valence-corrected chi connectivity index (χ1v) is 8.06. The fraction of sp³-hybridized carbons (Fsp3) is 0.0500. The van der Waals surface area contributed by atoms with Gasteiger partial charge in [0.2, 0.25) is 5.88 Å². The molecule has 26 heavy (non-hydrogen) atoms. The molecule has 128 valence electrons. The van der Waals surface area contributed by atoms with E-state index < -0.39 is 0 Å². The van der Waals surface area contributed by atoms with E-state index in [1.165, 1.54) is 0 Å². The Morgan fingerprint density at radius 1 is 0.885 bits per heavy atom. The van der Waals surface area contributed by atoms with Crippen molar-refractivity contribution in [3.8, 4) is 34.2 Å². The third-order valence-electron chi connectivity index (χ3n) is 3.85. The molecule has 0 aliphatic rings. The van der Waals surface area contributed by atoms with Gasteiger partial charge in [-0.1, -0.05) is 0 Å². The van der Waals surface area contributed by atoms with Crippen molar-refractivity contribution in [3.05, 3.63) is 79.5 Å². The van der Waals surface area contributed by atoms with Gasteiger partial charge in [-0.3, -0.25) is 4.98 Å². The highest BCUT2D eigenvalue weighted by Crippen LogP contribution is 2.33. The van der Waals surface area contributed by atoms with Gasteiger partial charge >= 0.3 is 0 Å². The zero-order valence-corrected chi connectivity index (χ0v) is 14.1. The lowest BCUT2D eigenvalue weighted by Gasteiger charge is -2.12. The summed E-state index contributed by atoms with van der Waals surface area (Å²) in [6.45, 7) is 0. The van der Waals surface area contributed by atoms with Crippen LogP contribution in [0.25, 0.3) is 16.8 Å². The van der Waals surface area contributed by atoms with Crippen molar-refractivity contribution >= 4 is 0 Å². The second kappa shape index (κ2) is 7.06. The first kappa shape index (κ1) is 15.8. The van der Waals surface area contributed by atoms with Crippen LogP contribution in [0.4, 0.5) is 0 Å². The predicted molar refractivity (Wildman–Crippen MR) is 97.7 cm³/mol. The Labute approximate surface area is 150 Å². The molecular formula is C20H16N4O2. The lowest BCUT2D eigenvalue weighted by molar-refractivity contribution is 0.407. The molecule has 0 fully saturated rings. The Bertz CT molecular complexity index is 1000. The van der Waals surface area contributed by atoms with Crippen LogP contribution in [0.2, 0.25) is 0 Å². The van der Waals surface area contributed by atoms with E-state index in [9.17, 15) is 0 Å². The standard InChI is InChI=1S/C20H16N4O2/c1-25-17-12-16(24-11-3-8-23-24)13-18(14-17)26-20-19(4-2-7-22-20)15-5-9-21-10-6-15/h2-14H,1H3. The minimum atomic E-state index is 0.512. The van der Waals surface area contributed by atoms with E-state index in [1.807, 2.05) is 54.7 Å². The maximum absolute atomic E-state index is 6.09. The van der Waals surface area contributed by atoms with E-state index in [0.717, 1.165) is 16.8 Å². The third-order valence-corrected chi connectivity index (χ3v) is 3.85. The molecule has 6 heteroatoms. The van der Waals surface area contributed by atoms with E-state index in [2.05, 4.69) is 15.1 Å². The van der Waals surface area contributed by atoms with Crippen LogP contribution in [0.3, 0.4) is 0 Å². The number of pyridine rings is 2. The quantitative estimate of drug-likeness (QED) is 0.545. The Balaban J connectivity index is 1.73. The average molecular weight is 344 g/mol. The molecule has 0 saturated heterocycles. The van der Waals surface area contributed by atoms with Gasteiger partial charge in [-0.05, 0) is 35.9 Å². The lowest BCUT2D eigenvalue weighted by atomic mass is 10.1. The van der Waals surface area contributed by atoms with E-state index in [1.54, 1.807) is 36.6 Å². The number of benzene rings is 1. The molecular weight excluding hydrogens is 328 g/mol. The van der Waals surface area contributed by atoms with Gasteiger partial charge in [0.15, 0.2) is 0 Å². The Hall–Kier alpha value is -3.67. The highest BCUT2D eigenvalue weighted by molar-refractivity contribution is 5.68. The zero-order valence-electron chi connectivity index (χ0n) is 14.1. The summed E-state index contributed by atoms with van der Waals surface area (Å²) in [5.74, 6) is 1.80. The van der Waals surface area contributed by atoms with Crippen molar-refractivity contribution in [2.45, 2.75) is 0 Å². The first-order valence-electron chi connectivity index (χ1n) is 8.06. The van der Waals surface area contributed by atoms with Crippen LogP contribution < -0.4 is 9.47 Å². The van der Waals surface area contributed by atoms with Gasteiger partial charge < -0.3 is 9.47 Å². The topological polar surface area (TPSA) is 62.1 Å². The molecule has 0 N–H and O–H groups in total. The SMILES string of the molecule is COc1cc(Oc2ncccc2-c2ccncc2)cc(-n2cccn2)c1. The molecule has 0 atom stereocenters. The van der Waals surface area contributed by atoms with Crippen molar-refractivity contribution in [2.75, 3.05) is 7.11 Å². The Morgan fingerprint density at radius 3 is 2.50 bits per heavy atom. The number of rotatable bonds is 5. The molecule has 0 spiro atoms. The molecule has 0 amide bonds. The molecule has 0 aliphatic heterocycles. The highest BCUT2D eigenvalue weighted by Gasteiger charge is 2.11. The summed E-state index contributed by atoms with van der Waals surface area (Å²) < 4.78 is 13.2. The molecule has 6 nitrogen and oxygen atoms in total. The molecule has 0 saturated carbocycles. The van der Waals surface area contributed by atoms with Crippen LogP contribution in [-0.2, 0) is 0 Å². The molecule has 3 aromatic heterocycles. The summed E-state index contributed by atoms with van der Waals surface area (Å²) in [5.41, 5.74) is 2.71. The average Bonchev–Trinajstić information content (AvgIpc) is 3.24. The number of aromatic nitrogens is 4. The maximum atomic E-state index is 6.09. The second-order valence-corrected chi connectivity index (χ2v) is 5.51. The zero-order chi connectivity index (χ0) is 17.8. The molecule has 4 rings (SSSR count). The smallest absolute Gasteiger partial charge is 0.227 e.